The predicted octanol–water partition coefficient (Wildman–Crippen LogP) is 1.25. The fourth-order valence-corrected chi connectivity index (χ4v) is 2.21. The molecule has 0 spiro atoms. The molecule has 0 aromatic rings. The maximum Gasteiger partial charge on any atom is 0.0963 e. The summed E-state index contributed by atoms with van der Waals surface area (Å²) in [4.78, 5) is 7.02. The second-order valence-electron chi connectivity index (χ2n) is 4.26. The van der Waals surface area contributed by atoms with E-state index in [0.717, 1.165) is 13.1 Å². The second kappa shape index (κ2) is 5.35. The Hall–Kier alpha value is -0.570. The van der Waals surface area contributed by atoms with Gasteiger partial charge in [0, 0.05) is 26.1 Å². The smallest absolute Gasteiger partial charge is 0.0963 e. The zero-order valence-electron chi connectivity index (χ0n) is 8.97. The SMILES string of the molecule is C1CCC(NCCN2CCCC2)=NC1. The molecule has 3 nitrogen and oxygen atoms in total. The van der Waals surface area contributed by atoms with Crippen LogP contribution in [0, 0.1) is 0 Å². The molecule has 0 saturated carbocycles. The van der Waals surface area contributed by atoms with Crippen LogP contribution in [0.15, 0.2) is 4.99 Å². The molecule has 2 aliphatic heterocycles. The summed E-state index contributed by atoms with van der Waals surface area (Å²) in [7, 11) is 0. The van der Waals surface area contributed by atoms with E-state index in [2.05, 4.69) is 15.2 Å². The first-order valence-electron chi connectivity index (χ1n) is 5.95. The van der Waals surface area contributed by atoms with Gasteiger partial charge >= 0.3 is 0 Å². The molecule has 0 unspecified atom stereocenters. The largest absolute Gasteiger partial charge is 0.373 e. The number of nitrogens with one attached hydrogen (secondary N) is 1. The van der Waals surface area contributed by atoms with E-state index in [1.54, 1.807) is 0 Å². The lowest BCUT2D eigenvalue weighted by Crippen LogP contribution is -2.34. The van der Waals surface area contributed by atoms with Gasteiger partial charge in [-0.25, -0.2) is 0 Å². The molecule has 1 N–H and O–H groups in total. The van der Waals surface area contributed by atoms with E-state index in [1.165, 1.54) is 57.6 Å². The normalized spacial score (nSPS) is 23.6. The average Bonchev–Trinajstić information content (AvgIpc) is 2.72. The van der Waals surface area contributed by atoms with E-state index in [4.69, 9.17) is 0 Å². The number of nitrogens with zero attached hydrogens (tertiary/aromatic N) is 2. The molecular formula is C11H21N3. The van der Waals surface area contributed by atoms with Crippen LogP contribution in [0.4, 0.5) is 0 Å². The van der Waals surface area contributed by atoms with Crippen LogP contribution in [0.3, 0.4) is 0 Å². The van der Waals surface area contributed by atoms with Crippen LogP contribution in [0.2, 0.25) is 0 Å². The Morgan fingerprint density at radius 2 is 2.00 bits per heavy atom. The zero-order valence-corrected chi connectivity index (χ0v) is 8.97. The Labute approximate surface area is 86.6 Å². The van der Waals surface area contributed by atoms with Crippen LogP contribution in [0.25, 0.3) is 0 Å². The highest BCUT2D eigenvalue weighted by atomic mass is 15.2. The van der Waals surface area contributed by atoms with E-state index >= 15 is 0 Å². The van der Waals surface area contributed by atoms with Gasteiger partial charge in [0.2, 0.25) is 0 Å². The van der Waals surface area contributed by atoms with Crippen molar-refractivity contribution in [2.45, 2.75) is 32.1 Å². The van der Waals surface area contributed by atoms with Gasteiger partial charge in [-0.3, -0.25) is 4.99 Å². The van der Waals surface area contributed by atoms with Gasteiger partial charge in [-0.2, -0.15) is 0 Å². The second-order valence-corrected chi connectivity index (χ2v) is 4.26. The number of rotatable bonds is 3. The van der Waals surface area contributed by atoms with E-state index in [1.807, 2.05) is 0 Å². The molecule has 80 valence electrons. The number of amidine groups is 1. The van der Waals surface area contributed by atoms with Crippen LogP contribution < -0.4 is 5.32 Å². The van der Waals surface area contributed by atoms with Crippen LogP contribution in [-0.4, -0.2) is 43.5 Å². The predicted molar refractivity (Wildman–Crippen MR) is 59.8 cm³/mol. The summed E-state index contributed by atoms with van der Waals surface area (Å²) in [6.45, 7) is 5.91. The molecule has 0 aromatic carbocycles. The summed E-state index contributed by atoms with van der Waals surface area (Å²) in [6, 6.07) is 0. The Bertz CT molecular complexity index is 195. The third-order valence-corrected chi connectivity index (χ3v) is 3.08. The van der Waals surface area contributed by atoms with E-state index in [9.17, 15) is 0 Å². The van der Waals surface area contributed by atoms with Gasteiger partial charge in [0.05, 0.1) is 5.84 Å². The Morgan fingerprint density at radius 3 is 2.71 bits per heavy atom. The Balaban J connectivity index is 1.59. The van der Waals surface area contributed by atoms with Crippen LogP contribution in [-0.2, 0) is 0 Å². The number of hydrogen-bond donors (Lipinski definition) is 1. The van der Waals surface area contributed by atoms with Crippen molar-refractivity contribution in [3.05, 3.63) is 0 Å². The van der Waals surface area contributed by atoms with Crippen molar-refractivity contribution in [3.8, 4) is 0 Å². The van der Waals surface area contributed by atoms with Crippen molar-refractivity contribution < 1.29 is 0 Å². The molecular weight excluding hydrogens is 174 g/mol. The fourth-order valence-electron chi connectivity index (χ4n) is 2.21. The number of hydrogen-bond acceptors (Lipinski definition) is 3. The van der Waals surface area contributed by atoms with Crippen LogP contribution >= 0.6 is 0 Å². The molecule has 0 amide bonds. The summed E-state index contributed by atoms with van der Waals surface area (Å²) in [5, 5.41) is 3.46. The molecule has 0 atom stereocenters. The molecule has 1 saturated heterocycles. The van der Waals surface area contributed by atoms with E-state index < -0.39 is 0 Å². The molecule has 1 fully saturated rings. The maximum absolute atomic E-state index is 4.48. The molecule has 0 aromatic heterocycles. The molecule has 2 aliphatic rings. The van der Waals surface area contributed by atoms with E-state index in [0.29, 0.717) is 0 Å². The summed E-state index contributed by atoms with van der Waals surface area (Å²) >= 11 is 0. The van der Waals surface area contributed by atoms with Gasteiger partial charge in [-0.05, 0) is 38.8 Å². The van der Waals surface area contributed by atoms with Gasteiger partial charge in [0.25, 0.3) is 0 Å². The lowest BCUT2D eigenvalue weighted by molar-refractivity contribution is 0.343. The number of aliphatic imine (C=N–C) groups is 1. The van der Waals surface area contributed by atoms with Gasteiger partial charge in [0.15, 0.2) is 0 Å². The van der Waals surface area contributed by atoms with Gasteiger partial charge in [-0.1, -0.05) is 0 Å². The van der Waals surface area contributed by atoms with Gasteiger partial charge < -0.3 is 10.2 Å². The summed E-state index contributed by atoms with van der Waals surface area (Å²) in [6.07, 6.45) is 6.54. The molecule has 0 radical (unpaired) electrons. The fraction of sp³-hybridized carbons (Fsp3) is 0.909. The van der Waals surface area contributed by atoms with Crippen molar-refractivity contribution in [1.29, 1.82) is 0 Å². The van der Waals surface area contributed by atoms with E-state index in [-0.39, 0.29) is 0 Å². The molecule has 3 heteroatoms. The lowest BCUT2D eigenvalue weighted by Gasteiger charge is -2.17. The molecule has 0 aliphatic carbocycles. The third-order valence-electron chi connectivity index (χ3n) is 3.08. The molecule has 2 heterocycles. The highest BCUT2D eigenvalue weighted by molar-refractivity contribution is 5.82. The minimum Gasteiger partial charge on any atom is -0.373 e. The van der Waals surface area contributed by atoms with Crippen molar-refractivity contribution in [2.75, 3.05) is 32.7 Å². The van der Waals surface area contributed by atoms with Crippen molar-refractivity contribution >= 4 is 5.84 Å². The summed E-state index contributed by atoms with van der Waals surface area (Å²) in [5.74, 6) is 1.25. The van der Waals surface area contributed by atoms with Crippen LogP contribution in [0.5, 0.6) is 0 Å². The average molecular weight is 195 g/mol. The topological polar surface area (TPSA) is 27.6 Å². The highest BCUT2D eigenvalue weighted by Gasteiger charge is 2.11. The Kier molecular flexibility index (Phi) is 3.80. The van der Waals surface area contributed by atoms with Crippen molar-refractivity contribution in [2.24, 2.45) is 4.99 Å². The standard InChI is InChI=1S/C11H21N3/c1-2-6-12-11(5-1)13-7-10-14-8-3-4-9-14/h1-10H2,(H,12,13). The summed E-state index contributed by atoms with van der Waals surface area (Å²) in [5.41, 5.74) is 0. The zero-order chi connectivity index (χ0) is 9.64. The van der Waals surface area contributed by atoms with Crippen molar-refractivity contribution in [1.82, 2.24) is 10.2 Å². The minimum absolute atomic E-state index is 1.03. The summed E-state index contributed by atoms with van der Waals surface area (Å²) < 4.78 is 0. The first-order valence-corrected chi connectivity index (χ1v) is 5.95. The van der Waals surface area contributed by atoms with Crippen molar-refractivity contribution in [3.63, 3.8) is 0 Å². The first kappa shape index (κ1) is 9.97. The maximum atomic E-state index is 4.48. The lowest BCUT2D eigenvalue weighted by atomic mass is 10.2. The third kappa shape index (κ3) is 2.98. The molecule has 14 heavy (non-hydrogen) atoms. The van der Waals surface area contributed by atoms with Gasteiger partial charge in [0.1, 0.15) is 0 Å². The minimum atomic E-state index is 1.03. The van der Waals surface area contributed by atoms with Crippen LogP contribution in [0.1, 0.15) is 32.1 Å². The quantitative estimate of drug-likeness (QED) is 0.734. The Morgan fingerprint density at radius 1 is 1.14 bits per heavy atom. The van der Waals surface area contributed by atoms with Gasteiger partial charge in [-0.15, -0.1) is 0 Å². The molecule has 2 rings (SSSR count). The monoisotopic (exact) mass is 195 g/mol. The first-order chi connectivity index (χ1) is 6.95. The highest BCUT2D eigenvalue weighted by Crippen LogP contribution is 2.06. The molecule has 0 bridgehead atoms. The number of likely N-dealkylation sites (tertiary alicyclic amines) is 1.